The van der Waals surface area contributed by atoms with Crippen LogP contribution in [0.1, 0.15) is 50.0 Å². The molecular formula is C28H29Cl2IN2O8. The third-order valence-electron chi connectivity index (χ3n) is 8.98. The van der Waals surface area contributed by atoms with Crippen molar-refractivity contribution in [2.75, 3.05) is 20.7 Å². The lowest BCUT2D eigenvalue weighted by molar-refractivity contribution is -0.141. The van der Waals surface area contributed by atoms with Gasteiger partial charge >= 0.3 is 5.97 Å². The molecule has 0 unspecified atom stereocenters. The average molecular weight is 719 g/mol. The highest BCUT2D eigenvalue weighted by atomic mass is 127. The number of ether oxygens (including phenoxy) is 1. The van der Waals surface area contributed by atoms with Crippen molar-refractivity contribution in [2.24, 2.45) is 17.8 Å². The van der Waals surface area contributed by atoms with Crippen LogP contribution in [-0.2, 0) is 24.0 Å². The molecular weight excluding hydrogens is 690 g/mol. The molecule has 1 saturated carbocycles. The SMILES string of the molecule is COc1cc([C@H]2C3=CC[C@@H]4C(=O)N(CCCCCC(=O)O)C(=O)[C@@H]4[C@@H]3C[C@@]3(Cl)C(=O)N(C)C(=O)[C@@]23Cl)cc(I)c1O. The number of alkyl halides is 2. The highest BCUT2D eigenvalue weighted by Gasteiger charge is 2.75. The summed E-state index contributed by atoms with van der Waals surface area (Å²) in [5.74, 6) is -5.85. The number of benzene rings is 1. The Morgan fingerprint density at radius 2 is 1.80 bits per heavy atom. The monoisotopic (exact) mass is 718 g/mol. The van der Waals surface area contributed by atoms with Crippen LogP contribution in [0.25, 0.3) is 0 Å². The number of hydrogen-bond donors (Lipinski definition) is 2. The highest BCUT2D eigenvalue weighted by molar-refractivity contribution is 14.1. The number of halogens is 3. The second-order valence-electron chi connectivity index (χ2n) is 11.1. The van der Waals surface area contributed by atoms with Crippen molar-refractivity contribution in [3.05, 3.63) is 32.9 Å². The van der Waals surface area contributed by atoms with Crippen LogP contribution in [0.15, 0.2) is 23.8 Å². The van der Waals surface area contributed by atoms with Gasteiger partial charge < -0.3 is 14.9 Å². The zero-order valence-electron chi connectivity index (χ0n) is 22.4. The fourth-order valence-electron chi connectivity index (χ4n) is 7.04. The minimum atomic E-state index is -1.92. The van der Waals surface area contributed by atoms with E-state index in [0.717, 1.165) is 4.90 Å². The second kappa shape index (κ2) is 10.7. The van der Waals surface area contributed by atoms with Gasteiger partial charge in [-0.3, -0.25) is 33.8 Å². The number of amides is 4. The van der Waals surface area contributed by atoms with Crippen molar-refractivity contribution in [2.45, 2.75) is 54.2 Å². The van der Waals surface area contributed by atoms with Crippen LogP contribution in [-0.4, -0.2) is 80.1 Å². The molecule has 1 aromatic rings. The molecule has 4 amide bonds. The highest BCUT2D eigenvalue weighted by Crippen LogP contribution is 2.65. The average Bonchev–Trinajstić information content (AvgIpc) is 3.24. The smallest absolute Gasteiger partial charge is 0.303 e. The number of allylic oxidation sites excluding steroid dienone is 2. The number of carbonyl (C=O) groups is 5. The lowest BCUT2D eigenvalue weighted by Gasteiger charge is -2.50. The summed E-state index contributed by atoms with van der Waals surface area (Å²) in [5, 5.41) is 19.4. The molecule has 0 bridgehead atoms. The molecule has 1 aromatic carbocycles. The number of fused-ring (bicyclic) bond motifs is 4. The maximum Gasteiger partial charge on any atom is 0.303 e. The third-order valence-corrected chi connectivity index (χ3v) is 11.2. The molecule has 0 radical (unpaired) electrons. The Hall–Kier alpha value is -2.38. The summed E-state index contributed by atoms with van der Waals surface area (Å²) in [7, 11) is 2.72. The Morgan fingerprint density at radius 3 is 2.46 bits per heavy atom. The van der Waals surface area contributed by atoms with Gasteiger partial charge in [0.1, 0.15) is 0 Å². The number of phenols is 1. The summed E-state index contributed by atoms with van der Waals surface area (Å²) in [5.41, 5.74) is 1.14. The first-order chi connectivity index (χ1) is 19.3. The maximum absolute atomic E-state index is 13.8. The molecule has 0 spiro atoms. The van der Waals surface area contributed by atoms with E-state index in [1.807, 2.05) is 28.7 Å². The normalized spacial score (nSPS) is 32.6. The van der Waals surface area contributed by atoms with Crippen molar-refractivity contribution in [3.63, 3.8) is 0 Å². The zero-order chi connectivity index (χ0) is 30.0. The zero-order valence-corrected chi connectivity index (χ0v) is 26.0. The molecule has 3 fully saturated rings. The molecule has 41 heavy (non-hydrogen) atoms. The van der Waals surface area contributed by atoms with Crippen molar-refractivity contribution in [1.82, 2.24) is 9.80 Å². The number of hydrogen-bond acceptors (Lipinski definition) is 7. The molecule has 2 heterocycles. The number of phenolic OH excluding ortho intramolecular Hbond substituents is 1. The van der Waals surface area contributed by atoms with Gasteiger partial charge in [0.15, 0.2) is 21.2 Å². The number of aliphatic carboxylic acids is 1. The summed E-state index contributed by atoms with van der Waals surface area (Å²) < 4.78 is 5.79. The van der Waals surface area contributed by atoms with Crippen molar-refractivity contribution in [3.8, 4) is 11.5 Å². The van der Waals surface area contributed by atoms with Gasteiger partial charge in [0.2, 0.25) is 11.8 Å². The van der Waals surface area contributed by atoms with E-state index in [2.05, 4.69) is 0 Å². The van der Waals surface area contributed by atoms with Crippen LogP contribution >= 0.6 is 45.8 Å². The van der Waals surface area contributed by atoms with E-state index in [4.69, 9.17) is 33.0 Å². The number of rotatable bonds is 8. The third kappa shape index (κ3) is 4.36. The fraction of sp³-hybridized carbons (Fsp3) is 0.536. The van der Waals surface area contributed by atoms with Crippen LogP contribution in [0.4, 0.5) is 0 Å². The Kier molecular flexibility index (Phi) is 7.86. The van der Waals surface area contributed by atoms with Crippen molar-refractivity contribution < 1.29 is 38.9 Å². The van der Waals surface area contributed by atoms with Gasteiger partial charge in [0.25, 0.3) is 11.8 Å². The van der Waals surface area contributed by atoms with Gasteiger partial charge in [-0.1, -0.05) is 18.1 Å². The van der Waals surface area contributed by atoms with Gasteiger partial charge in [-0.15, -0.1) is 23.2 Å². The van der Waals surface area contributed by atoms with E-state index in [9.17, 15) is 29.1 Å². The van der Waals surface area contributed by atoms with Crippen molar-refractivity contribution >= 4 is 75.4 Å². The van der Waals surface area contributed by atoms with Crippen LogP contribution in [0.3, 0.4) is 0 Å². The predicted molar refractivity (Wildman–Crippen MR) is 156 cm³/mol. The number of aromatic hydroxyl groups is 1. The topological polar surface area (TPSA) is 142 Å². The van der Waals surface area contributed by atoms with Gasteiger partial charge in [-0.2, -0.15) is 0 Å². The summed E-state index contributed by atoms with van der Waals surface area (Å²) >= 11 is 16.3. The standard InChI is InChI=1S/C28H29Cl2IN2O8/c1-32-25(39)27(29)12-16-14(21(28(27,30)26(32)40)13-10-17(31)22(36)18(11-13)41-2)7-8-15-20(16)24(38)33(23(15)37)9-5-3-4-6-19(34)35/h7,10-11,15-16,20-21,36H,3-6,8-9,12H2,1-2H3,(H,34,35)/t15-,16+,20-,21-,27+,28-/m0/s1. The molecule has 13 heteroatoms. The number of likely N-dealkylation sites (tertiary alicyclic amines) is 2. The molecule has 5 rings (SSSR count). The van der Waals surface area contributed by atoms with E-state index in [1.165, 1.54) is 19.1 Å². The number of unbranched alkanes of at least 4 members (excludes halogenated alkanes) is 2. The predicted octanol–water partition coefficient (Wildman–Crippen LogP) is 3.64. The Labute approximate surface area is 260 Å². The van der Waals surface area contributed by atoms with Crippen LogP contribution in [0.2, 0.25) is 0 Å². The summed E-state index contributed by atoms with van der Waals surface area (Å²) in [6.45, 7) is 0.175. The minimum absolute atomic E-state index is 0.0179. The molecule has 4 aliphatic rings. The van der Waals surface area contributed by atoms with Crippen LogP contribution in [0, 0.1) is 21.3 Å². The van der Waals surface area contributed by atoms with Crippen molar-refractivity contribution in [1.29, 1.82) is 0 Å². The first kappa shape index (κ1) is 30.1. The molecule has 2 aliphatic carbocycles. The molecule has 2 N–H and O–H groups in total. The van der Waals surface area contributed by atoms with E-state index in [-0.39, 0.29) is 49.1 Å². The summed E-state index contributed by atoms with van der Waals surface area (Å²) in [6, 6.07) is 3.21. The van der Waals surface area contributed by atoms with E-state index in [1.54, 1.807) is 12.1 Å². The van der Waals surface area contributed by atoms with Crippen LogP contribution < -0.4 is 4.74 Å². The molecule has 220 valence electrons. The lowest BCUT2D eigenvalue weighted by atomic mass is 9.56. The quantitative estimate of drug-likeness (QED) is 0.137. The number of methoxy groups -OCH3 is 1. The summed E-state index contributed by atoms with van der Waals surface area (Å²) in [4.78, 5) is 63.6. The maximum atomic E-state index is 13.8. The van der Waals surface area contributed by atoms with Crippen LogP contribution in [0.5, 0.6) is 11.5 Å². The molecule has 6 atom stereocenters. The number of carboxylic acid groups (broad SMARTS) is 1. The molecule has 2 saturated heterocycles. The molecule has 2 aliphatic heterocycles. The largest absolute Gasteiger partial charge is 0.504 e. The van der Waals surface area contributed by atoms with Gasteiger partial charge in [0.05, 0.1) is 22.5 Å². The van der Waals surface area contributed by atoms with Gasteiger partial charge in [0, 0.05) is 25.9 Å². The summed E-state index contributed by atoms with van der Waals surface area (Å²) in [6.07, 6.45) is 3.49. The number of nitrogens with zero attached hydrogens (tertiary/aromatic N) is 2. The van der Waals surface area contributed by atoms with Gasteiger partial charge in [-0.25, -0.2) is 0 Å². The Morgan fingerprint density at radius 1 is 1.10 bits per heavy atom. The first-order valence-electron chi connectivity index (χ1n) is 13.3. The fourth-order valence-corrected chi connectivity index (χ4v) is 8.69. The Bertz CT molecular complexity index is 1400. The molecule has 10 nitrogen and oxygen atoms in total. The Balaban J connectivity index is 1.56. The lowest BCUT2D eigenvalue weighted by Crippen LogP contribution is -2.60. The van der Waals surface area contributed by atoms with E-state index < -0.39 is 51.2 Å². The van der Waals surface area contributed by atoms with E-state index in [0.29, 0.717) is 34.0 Å². The number of carboxylic acids is 1. The second-order valence-corrected chi connectivity index (χ2v) is 13.5. The van der Waals surface area contributed by atoms with E-state index >= 15 is 0 Å². The molecule has 0 aromatic heterocycles. The number of carbonyl (C=O) groups excluding carboxylic acids is 4. The minimum Gasteiger partial charge on any atom is -0.504 e. The number of imide groups is 2. The first-order valence-corrected chi connectivity index (χ1v) is 15.2. The van der Waals surface area contributed by atoms with Gasteiger partial charge in [-0.05, 0) is 71.9 Å².